The molecule has 102 valence electrons. The normalized spacial score (nSPS) is 13.3. The highest BCUT2D eigenvalue weighted by atomic mass is 16.6. The molecule has 0 bridgehead atoms. The average Bonchev–Trinajstić information content (AvgIpc) is 2.14. The summed E-state index contributed by atoms with van der Waals surface area (Å²) >= 11 is 0. The molecule has 0 unspecified atom stereocenters. The van der Waals surface area contributed by atoms with Crippen molar-refractivity contribution in [2.75, 3.05) is 19.7 Å². The molecule has 0 aliphatic carbocycles. The molecule has 0 heterocycles. The minimum Gasteiger partial charge on any atom is -0.444 e. The van der Waals surface area contributed by atoms with Crippen molar-refractivity contribution < 1.29 is 14.6 Å². The van der Waals surface area contributed by atoms with Crippen LogP contribution in [-0.2, 0) is 4.74 Å². The van der Waals surface area contributed by atoms with Crippen molar-refractivity contribution in [3.8, 4) is 0 Å². The molecule has 17 heavy (non-hydrogen) atoms. The summed E-state index contributed by atoms with van der Waals surface area (Å²) in [4.78, 5) is 13.5. The van der Waals surface area contributed by atoms with E-state index in [0.717, 1.165) is 6.42 Å². The van der Waals surface area contributed by atoms with Crippen molar-refractivity contribution >= 4 is 6.09 Å². The predicted octanol–water partition coefficient (Wildman–Crippen LogP) is 1.34. The van der Waals surface area contributed by atoms with Crippen LogP contribution in [0.1, 0.15) is 40.5 Å². The standard InChI is InChI=1S/C12H26N2O3/c1-10(13)6-8-14(7-5-9-15)11(16)17-12(2,3)4/h10,15H,5-9,13H2,1-4H3/t10-/m1/s1. The van der Waals surface area contributed by atoms with Crippen molar-refractivity contribution in [2.24, 2.45) is 5.73 Å². The van der Waals surface area contributed by atoms with Gasteiger partial charge < -0.3 is 20.5 Å². The maximum atomic E-state index is 11.9. The summed E-state index contributed by atoms with van der Waals surface area (Å²) in [6.07, 6.45) is 0.940. The largest absolute Gasteiger partial charge is 0.444 e. The van der Waals surface area contributed by atoms with Crippen LogP contribution in [0.3, 0.4) is 0 Å². The van der Waals surface area contributed by atoms with Gasteiger partial charge in [-0.05, 0) is 40.5 Å². The molecule has 0 saturated heterocycles. The third-order valence-electron chi connectivity index (χ3n) is 2.09. The number of nitrogens with zero attached hydrogens (tertiary/aromatic N) is 1. The van der Waals surface area contributed by atoms with Crippen LogP contribution in [0.4, 0.5) is 4.79 Å². The van der Waals surface area contributed by atoms with Gasteiger partial charge in [0.15, 0.2) is 0 Å². The van der Waals surface area contributed by atoms with Crippen LogP contribution in [-0.4, -0.2) is 47.4 Å². The molecule has 0 rings (SSSR count). The molecule has 0 aromatic rings. The Kier molecular flexibility index (Phi) is 7.15. The Morgan fingerprint density at radius 1 is 1.41 bits per heavy atom. The molecule has 0 spiro atoms. The van der Waals surface area contributed by atoms with E-state index in [0.29, 0.717) is 19.5 Å². The number of nitrogens with two attached hydrogens (primary N) is 1. The molecule has 5 heteroatoms. The highest BCUT2D eigenvalue weighted by Crippen LogP contribution is 2.10. The van der Waals surface area contributed by atoms with E-state index in [1.165, 1.54) is 0 Å². The topological polar surface area (TPSA) is 75.8 Å². The quantitative estimate of drug-likeness (QED) is 0.741. The van der Waals surface area contributed by atoms with Crippen molar-refractivity contribution in [2.45, 2.75) is 52.2 Å². The van der Waals surface area contributed by atoms with Gasteiger partial charge in [-0.2, -0.15) is 0 Å². The molecule has 1 amide bonds. The van der Waals surface area contributed by atoms with E-state index in [1.54, 1.807) is 4.90 Å². The van der Waals surface area contributed by atoms with Crippen LogP contribution >= 0.6 is 0 Å². The van der Waals surface area contributed by atoms with Crippen molar-refractivity contribution in [1.29, 1.82) is 0 Å². The first kappa shape index (κ1) is 16.2. The van der Waals surface area contributed by atoms with Gasteiger partial charge in [-0.3, -0.25) is 0 Å². The first-order valence-corrected chi connectivity index (χ1v) is 6.10. The van der Waals surface area contributed by atoms with Crippen LogP contribution in [0.5, 0.6) is 0 Å². The van der Waals surface area contributed by atoms with Gasteiger partial charge in [0.25, 0.3) is 0 Å². The fraction of sp³-hybridized carbons (Fsp3) is 0.917. The number of ether oxygens (including phenoxy) is 1. The third kappa shape index (κ3) is 8.94. The summed E-state index contributed by atoms with van der Waals surface area (Å²) < 4.78 is 5.29. The summed E-state index contributed by atoms with van der Waals surface area (Å²) in [5.41, 5.74) is 5.17. The zero-order valence-corrected chi connectivity index (χ0v) is 11.4. The Balaban J connectivity index is 4.29. The lowest BCUT2D eigenvalue weighted by Gasteiger charge is -2.27. The monoisotopic (exact) mass is 246 g/mol. The zero-order valence-electron chi connectivity index (χ0n) is 11.4. The Morgan fingerprint density at radius 3 is 2.41 bits per heavy atom. The number of hydrogen-bond donors (Lipinski definition) is 2. The number of hydrogen-bond acceptors (Lipinski definition) is 4. The van der Waals surface area contributed by atoms with E-state index in [1.807, 2.05) is 27.7 Å². The number of carbonyl (C=O) groups excluding carboxylic acids is 1. The molecule has 0 aliphatic heterocycles. The zero-order chi connectivity index (χ0) is 13.5. The van der Waals surface area contributed by atoms with Crippen LogP contribution in [0, 0.1) is 0 Å². The summed E-state index contributed by atoms with van der Waals surface area (Å²) in [7, 11) is 0. The Morgan fingerprint density at radius 2 is 2.00 bits per heavy atom. The van der Waals surface area contributed by atoms with Crippen LogP contribution in [0.2, 0.25) is 0 Å². The Hall–Kier alpha value is -0.810. The predicted molar refractivity (Wildman–Crippen MR) is 67.8 cm³/mol. The van der Waals surface area contributed by atoms with E-state index < -0.39 is 5.60 Å². The van der Waals surface area contributed by atoms with Crippen LogP contribution in [0.15, 0.2) is 0 Å². The van der Waals surface area contributed by atoms with Crippen molar-refractivity contribution in [3.63, 3.8) is 0 Å². The second-order valence-electron chi connectivity index (χ2n) is 5.31. The number of amides is 1. The molecule has 0 saturated carbocycles. The molecule has 0 aliphatic rings. The number of rotatable bonds is 6. The molecule has 0 fully saturated rings. The smallest absolute Gasteiger partial charge is 0.410 e. The maximum absolute atomic E-state index is 11.9. The Labute approximate surface area is 104 Å². The first-order chi connectivity index (χ1) is 7.76. The van der Waals surface area contributed by atoms with Crippen LogP contribution in [0.25, 0.3) is 0 Å². The number of aliphatic hydroxyl groups is 1. The van der Waals surface area contributed by atoms with Gasteiger partial charge in [-0.25, -0.2) is 4.79 Å². The molecule has 5 nitrogen and oxygen atoms in total. The van der Waals surface area contributed by atoms with Crippen molar-refractivity contribution in [1.82, 2.24) is 4.90 Å². The average molecular weight is 246 g/mol. The number of aliphatic hydroxyl groups excluding tert-OH is 1. The van der Waals surface area contributed by atoms with Gasteiger partial charge in [-0.1, -0.05) is 0 Å². The van der Waals surface area contributed by atoms with Gasteiger partial charge in [0, 0.05) is 25.7 Å². The fourth-order valence-corrected chi connectivity index (χ4v) is 1.24. The molecule has 0 aromatic heterocycles. The molecule has 0 aromatic carbocycles. The summed E-state index contributed by atoms with van der Waals surface area (Å²) in [6.45, 7) is 8.53. The Bertz CT molecular complexity index is 224. The van der Waals surface area contributed by atoms with E-state index in [2.05, 4.69) is 0 Å². The lowest BCUT2D eigenvalue weighted by molar-refractivity contribution is 0.0236. The molecular formula is C12H26N2O3. The second-order valence-corrected chi connectivity index (χ2v) is 5.31. The van der Waals surface area contributed by atoms with Gasteiger partial charge >= 0.3 is 6.09 Å². The van der Waals surface area contributed by atoms with Gasteiger partial charge in [0.2, 0.25) is 0 Å². The minimum atomic E-state index is -0.497. The van der Waals surface area contributed by atoms with Crippen molar-refractivity contribution in [3.05, 3.63) is 0 Å². The minimum absolute atomic E-state index is 0.0501. The summed E-state index contributed by atoms with van der Waals surface area (Å²) in [5.74, 6) is 0. The lowest BCUT2D eigenvalue weighted by Crippen LogP contribution is -2.39. The van der Waals surface area contributed by atoms with Crippen LogP contribution < -0.4 is 5.73 Å². The van der Waals surface area contributed by atoms with Gasteiger partial charge in [0.05, 0.1) is 0 Å². The third-order valence-corrected chi connectivity index (χ3v) is 2.09. The summed E-state index contributed by atoms with van der Waals surface area (Å²) in [5, 5.41) is 8.80. The highest BCUT2D eigenvalue weighted by molar-refractivity contribution is 5.68. The van der Waals surface area contributed by atoms with E-state index in [4.69, 9.17) is 15.6 Å². The van der Waals surface area contributed by atoms with E-state index in [-0.39, 0.29) is 18.7 Å². The molecule has 3 N–H and O–H groups in total. The first-order valence-electron chi connectivity index (χ1n) is 6.10. The summed E-state index contributed by atoms with van der Waals surface area (Å²) in [6, 6.07) is 0.0501. The fourth-order valence-electron chi connectivity index (χ4n) is 1.24. The molecular weight excluding hydrogens is 220 g/mol. The molecule has 1 atom stereocenters. The van der Waals surface area contributed by atoms with E-state index in [9.17, 15) is 4.79 Å². The van der Waals surface area contributed by atoms with E-state index >= 15 is 0 Å². The number of carbonyl (C=O) groups is 1. The van der Waals surface area contributed by atoms with Gasteiger partial charge in [-0.15, -0.1) is 0 Å². The highest BCUT2D eigenvalue weighted by Gasteiger charge is 2.21. The van der Waals surface area contributed by atoms with Gasteiger partial charge in [0.1, 0.15) is 5.60 Å². The molecule has 0 radical (unpaired) electrons. The lowest BCUT2D eigenvalue weighted by atomic mass is 10.2. The SMILES string of the molecule is C[C@@H](N)CCN(CCCO)C(=O)OC(C)(C)C. The second kappa shape index (κ2) is 7.50. The maximum Gasteiger partial charge on any atom is 0.410 e.